The number of β-amino-alcohol motifs (C(OH)–C–C–N with tert-alkyl or cyclic N) is 1. The van der Waals surface area contributed by atoms with Crippen LogP contribution in [0.15, 0.2) is 29.2 Å². The number of carbonyl (C=O) groups is 1. The molecule has 19 heavy (non-hydrogen) atoms. The van der Waals surface area contributed by atoms with Crippen LogP contribution < -0.4 is 0 Å². The number of aliphatic hydroxyl groups is 1. The van der Waals surface area contributed by atoms with Crippen molar-refractivity contribution in [3.8, 4) is 0 Å². The Kier molecular flexibility index (Phi) is 3.82. The predicted octanol–water partition coefficient (Wildman–Crippen LogP) is 0.549. The van der Waals surface area contributed by atoms with Crippen molar-refractivity contribution in [3.63, 3.8) is 0 Å². The molecule has 1 aliphatic rings. The van der Waals surface area contributed by atoms with E-state index in [0.717, 1.165) is 4.31 Å². The topological polar surface area (TPSA) is 94.9 Å². The van der Waals surface area contributed by atoms with E-state index in [-0.39, 0.29) is 17.9 Å². The van der Waals surface area contributed by atoms with Gasteiger partial charge in [0.25, 0.3) is 0 Å². The third kappa shape index (κ3) is 2.74. The fraction of sp³-hybridized carbons (Fsp3) is 0.364. The van der Waals surface area contributed by atoms with E-state index in [1.165, 1.54) is 24.3 Å². The van der Waals surface area contributed by atoms with Gasteiger partial charge in [-0.05, 0) is 24.3 Å². The van der Waals surface area contributed by atoms with Crippen LogP contribution in [0.25, 0.3) is 0 Å². The minimum atomic E-state index is -3.95. The fourth-order valence-corrected chi connectivity index (χ4v) is 3.77. The normalized spacial score (nSPS) is 24.5. The third-order valence-electron chi connectivity index (χ3n) is 2.94. The molecule has 6 nitrogen and oxygen atoms in total. The Morgan fingerprint density at radius 2 is 1.89 bits per heavy atom. The van der Waals surface area contributed by atoms with Crippen LogP contribution in [-0.4, -0.2) is 47.6 Å². The molecule has 1 heterocycles. The smallest absolute Gasteiger partial charge is 0.322 e. The number of nitrogens with zero attached hydrogens (tertiary/aromatic N) is 1. The molecule has 0 aliphatic carbocycles. The Bertz CT molecular complexity index is 586. The lowest BCUT2D eigenvalue weighted by Crippen LogP contribution is -2.40. The van der Waals surface area contributed by atoms with Crippen molar-refractivity contribution < 1.29 is 23.4 Å². The Balaban J connectivity index is 2.38. The molecule has 1 unspecified atom stereocenters. The molecule has 1 aromatic rings. The summed E-state index contributed by atoms with van der Waals surface area (Å²) in [7, 11) is -3.95. The van der Waals surface area contributed by atoms with Gasteiger partial charge in [-0.3, -0.25) is 4.79 Å². The van der Waals surface area contributed by atoms with Gasteiger partial charge in [0.2, 0.25) is 10.0 Å². The molecular formula is C11H12ClNO5S. The Labute approximate surface area is 115 Å². The highest BCUT2D eigenvalue weighted by Gasteiger charge is 2.43. The lowest BCUT2D eigenvalue weighted by molar-refractivity contribution is -0.140. The van der Waals surface area contributed by atoms with Gasteiger partial charge < -0.3 is 10.2 Å². The van der Waals surface area contributed by atoms with Gasteiger partial charge in [-0.25, -0.2) is 8.42 Å². The highest BCUT2D eigenvalue weighted by molar-refractivity contribution is 7.89. The van der Waals surface area contributed by atoms with Crippen molar-refractivity contribution in [2.24, 2.45) is 0 Å². The number of sulfonamides is 1. The van der Waals surface area contributed by atoms with Crippen molar-refractivity contribution in [3.05, 3.63) is 29.3 Å². The van der Waals surface area contributed by atoms with Gasteiger partial charge in [-0.1, -0.05) is 11.6 Å². The molecule has 0 saturated carbocycles. The van der Waals surface area contributed by atoms with Gasteiger partial charge in [-0.2, -0.15) is 4.31 Å². The van der Waals surface area contributed by atoms with Gasteiger partial charge >= 0.3 is 5.97 Å². The quantitative estimate of drug-likeness (QED) is 0.850. The second-order valence-electron chi connectivity index (χ2n) is 4.27. The van der Waals surface area contributed by atoms with Crippen LogP contribution in [0.3, 0.4) is 0 Å². The van der Waals surface area contributed by atoms with Crippen LogP contribution in [0.2, 0.25) is 5.02 Å². The number of hydrogen-bond acceptors (Lipinski definition) is 4. The monoisotopic (exact) mass is 305 g/mol. The van der Waals surface area contributed by atoms with Gasteiger partial charge in [0, 0.05) is 18.0 Å². The van der Waals surface area contributed by atoms with Crippen molar-refractivity contribution >= 4 is 27.6 Å². The number of carboxylic acid groups (broad SMARTS) is 1. The largest absolute Gasteiger partial charge is 0.480 e. The molecule has 0 radical (unpaired) electrons. The number of aliphatic carboxylic acids is 1. The Morgan fingerprint density at radius 3 is 2.42 bits per heavy atom. The molecule has 1 aromatic carbocycles. The Morgan fingerprint density at radius 1 is 1.32 bits per heavy atom. The molecule has 1 fully saturated rings. The van der Waals surface area contributed by atoms with Gasteiger partial charge in [-0.15, -0.1) is 0 Å². The molecule has 8 heteroatoms. The molecule has 0 aromatic heterocycles. The van der Waals surface area contributed by atoms with Crippen LogP contribution in [0.5, 0.6) is 0 Å². The minimum absolute atomic E-state index is 0.0442. The number of aliphatic hydroxyl groups excluding tert-OH is 1. The summed E-state index contributed by atoms with van der Waals surface area (Å²) in [5.74, 6) is -1.27. The first kappa shape index (κ1) is 14.3. The SMILES string of the molecule is O=C(O)[C@@H]1CC(O)CN1S(=O)(=O)c1ccc(Cl)cc1. The maximum atomic E-state index is 12.3. The van der Waals surface area contributed by atoms with E-state index in [2.05, 4.69) is 0 Å². The molecule has 2 N–H and O–H groups in total. The molecule has 1 saturated heterocycles. The van der Waals surface area contributed by atoms with Crippen molar-refractivity contribution in [1.29, 1.82) is 0 Å². The van der Waals surface area contributed by atoms with Crippen molar-refractivity contribution in [2.75, 3.05) is 6.54 Å². The predicted molar refractivity (Wildman–Crippen MR) is 67.4 cm³/mol. The first-order valence-electron chi connectivity index (χ1n) is 5.50. The zero-order valence-electron chi connectivity index (χ0n) is 9.73. The summed E-state index contributed by atoms with van der Waals surface area (Å²) in [5, 5.41) is 18.9. The van der Waals surface area contributed by atoms with E-state index < -0.39 is 28.1 Å². The first-order chi connectivity index (χ1) is 8.82. The molecule has 104 valence electrons. The lowest BCUT2D eigenvalue weighted by atomic mass is 10.2. The minimum Gasteiger partial charge on any atom is -0.480 e. The standard InChI is InChI=1S/C11H12ClNO5S/c12-7-1-3-9(4-2-7)19(17,18)13-6-8(14)5-10(13)11(15)16/h1-4,8,10,14H,5-6H2,(H,15,16)/t8?,10-/m0/s1. The average Bonchev–Trinajstić information content (AvgIpc) is 2.73. The highest BCUT2D eigenvalue weighted by atomic mass is 35.5. The summed E-state index contributed by atoms with van der Waals surface area (Å²) in [6, 6.07) is 4.20. The molecule has 2 atom stereocenters. The first-order valence-corrected chi connectivity index (χ1v) is 7.32. The maximum absolute atomic E-state index is 12.3. The van der Waals surface area contributed by atoms with E-state index in [4.69, 9.17) is 16.7 Å². The lowest BCUT2D eigenvalue weighted by Gasteiger charge is -2.20. The zero-order chi connectivity index (χ0) is 14.2. The van der Waals surface area contributed by atoms with E-state index >= 15 is 0 Å². The summed E-state index contributed by atoms with van der Waals surface area (Å²) in [5.41, 5.74) is 0. The molecule has 0 spiro atoms. The number of carboxylic acids is 1. The van der Waals surface area contributed by atoms with Gasteiger partial charge in [0.15, 0.2) is 0 Å². The highest BCUT2D eigenvalue weighted by Crippen LogP contribution is 2.27. The van der Waals surface area contributed by atoms with E-state index in [1.807, 2.05) is 0 Å². The average molecular weight is 306 g/mol. The molecule has 0 bridgehead atoms. The van der Waals surface area contributed by atoms with E-state index in [0.29, 0.717) is 5.02 Å². The van der Waals surface area contributed by atoms with Crippen LogP contribution >= 0.6 is 11.6 Å². The third-order valence-corrected chi connectivity index (χ3v) is 5.08. The maximum Gasteiger partial charge on any atom is 0.322 e. The summed E-state index contributed by atoms with van der Waals surface area (Å²) in [6.45, 7) is -0.220. The number of hydrogen-bond donors (Lipinski definition) is 2. The second kappa shape index (κ2) is 5.09. The molecule has 2 rings (SSSR count). The zero-order valence-corrected chi connectivity index (χ0v) is 11.3. The second-order valence-corrected chi connectivity index (χ2v) is 6.60. The molecule has 1 aliphatic heterocycles. The van der Waals surface area contributed by atoms with Gasteiger partial charge in [0.05, 0.1) is 11.0 Å². The van der Waals surface area contributed by atoms with Crippen LogP contribution in [0.4, 0.5) is 0 Å². The fourth-order valence-electron chi connectivity index (χ4n) is 2.02. The number of rotatable bonds is 3. The number of halogens is 1. The van der Waals surface area contributed by atoms with Crippen molar-refractivity contribution in [2.45, 2.75) is 23.5 Å². The van der Waals surface area contributed by atoms with Crippen molar-refractivity contribution in [1.82, 2.24) is 4.31 Å². The summed E-state index contributed by atoms with van der Waals surface area (Å²) < 4.78 is 25.4. The Hall–Kier alpha value is -1.15. The summed E-state index contributed by atoms with van der Waals surface area (Å²) >= 11 is 5.68. The van der Waals surface area contributed by atoms with Crippen LogP contribution in [0.1, 0.15) is 6.42 Å². The number of benzene rings is 1. The molecular weight excluding hydrogens is 294 g/mol. The van der Waals surface area contributed by atoms with Gasteiger partial charge in [0.1, 0.15) is 6.04 Å². The van der Waals surface area contributed by atoms with Crippen LogP contribution in [-0.2, 0) is 14.8 Å². The van der Waals surface area contributed by atoms with E-state index in [9.17, 15) is 18.3 Å². The van der Waals surface area contributed by atoms with E-state index in [1.54, 1.807) is 0 Å². The summed E-state index contributed by atoms with van der Waals surface area (Å²) in [6.07, 6.45) is -1.08. The summed E-state index contributed by atoms with van der Waals surface area (Å²) in [4.78, 5) is 11.0. The van der Waals surface area contributed by atoms with Crippen LogP contribution in [0, 0.1) is 0 Å². The molecule has 0 amide bonds.